The van der Waals surface area contributed by atoms with Crippen LogP contribution in [0.25, 0.3) is 0 Å². The summed E-state index contributed by atoms with van der Waals surface area (Å²) in [5.74, 6) is 2.56. The average molecular weight is 226 g/mol. The summed E-state index contributed by atoms with van der Waals surface area (Å²) < 4.78 is 0. The monoisotopic (exact) mass is 225 g/mol. The Morgan fingerprint density at radius 3 is 3.00 bits per heavy atom. The Morgan fingerprint density at radius 2 is 2.36 bits per heavy atom. The number of terminal acetylenes is 1. The van der Waals surface area contributed by atoms with Crippen molar-refractivity contribution in [2.75, 3.05) is 11.9 Å². The van der Waals surface area contributed by atoms with Crippen LogP contribution < -0.4 is 5.32 Å². The van der Waals surface area contributed by atoms with Gasteiger partial charge in [-0.25, -0.2) is 0 Å². The fourth-order valence-electron chi connectivity index (χ4n) is 0.944. The number of halogens is 2. The number of anilines is 1. The molecule has 0 saturated carbocycles. The van der Waals surface area contributed by atoms with Gasteiger partial charge in [-0.2, -0.15) is 0 Å². The third-order valence-electron chi connectivity index (χ3n) is 1.61. The molecule has 0 aromatic heterocycles. The summed E-state index contributed by atoms with van der Waals surface area (Å²) in [7, 11) is 0. The molecule has 1 nitrogen and oxygen atoms in total. The number of hydrogen-bond acceptors (Lipinski definition) is 1. The molecule has 3 heteroatoms. The zero-order valence-electron chi connectivity index (χ0n) is 7.43. The molecule has 0 bridgehead atoms. The molecule has 72 valence electrons. The minimum Gasteiger partial charge on any atom is -0.380 e. The van der Waals surface area contributed by atoms with Crippen molar-refractivity contribution in [2.45, 2.75) is 0 Å². The van der Waals surface area contributed by atoms with E-state index in [1.165, 1.54) is 5.54 Å². The molecule has 1 aromatic carbocycles. The molecule has 14 heavy (non-hydrogen) atoms. The van der Waals surface area contributed by atoms with E-state index in [0.717, 1.165) is 11.3 Å². The second-order valence-corrected chi connectivity index (χ2v) is 3.34. The first-order valence-electron chi connectivity index (χ1n) is 4.01. The zero-order chi connectivity index (χ0) is 10.4. The van der Waals surface area contributed by atoms with Crippen LogP contribution in [0.3, 0.4) is 0 Å². The summed E-state index contributed by atoms with van der Waals surface area (Å²) in [4.78, 5) is 0. The van der Waals surface area contributed by atoms with Crippen LogP contribution >= 0.6 is 23.2 Å². The van der Waals surface area contributed by atoms with Crippen molar-refractivity contribution >= 4 is 28.9 Å². The lowest BCUT2D eigenvalue weighted by Gasteiger charge is -2.04. The predicted octanol–water partition coefficient (Wildman–Crippen LogP) is 3.40. The lowest BCUT2D eigenvalue weighted by Crippen LogP contribution is -2.00. The Kier molecular flexibility index (Phi) is 4.39. The van der Waals surface area contributed by atoms with Gasteiger partial charge in [-0.05, 0) is 18.2 Å². The van der Waals surface area contributed by atoms with E-state index in [-0.39, 0.29) is 0 Å². The van der Waals surface area contributed by atoms with Crippen LogP contribution in [-0.2, 0) is 0 Å². The summed E-state index contributed by atoms with van der Waals surface area (Å²) in [5, 5.41) is 3.64. The van der Waals surface area contributed by atoms with Crippen molar-refractivity contribution in [2.24, 2.45) is 0 Å². The van der Waals surface area contributed by atoms with Crippen molar-refractivity contribution < 1.29 is 0 Å². The highest BCUT2D eigenvalue weighted by atomic mass is 35.5. The van der Waals surface area contributed by atoms with Gasteiger partial charge in [-0.3, -0.25) is 0 Å². The van der Waals surface area contributed by atoms with Gasteiger partial charge >= 0.3 is 0 Å². The number of benzene rings is 1. The largest absolute Gasteiger partial charge is 0.380 e. The number of hydrogen-bond donors (Lipinski definition) is 1. The van der Waals surface area contributed by atoms with E-state index >= 15 is 0 Å². The van der Waals surface area contributed by atoms with E-state index in [4.69, 9.17) is 29.6 Å². The van der Waals surface area contributed by atoms with Crippen LogP contribution in [0.1, 0.15) is 5.56 Å². The van der Waals surface area contributed by atoms with Crippen LogP contribution in [0.4, 0.5) is 5.69 Å². The van der Waals surface area contributed by atoms with E-state index in [1.54, 1.807) is 0 Å². The highest BCUT2D eigenvalue weighted by Gasteiger charge is 1.94. The Labute approximate surface area is 93.7 Å². The summed E-state index contributed by atoms with van der Waals surface area (Å²) in [6.45, 7) is 0.499. The second kappa shape index (κ2) is 5.59. The maximum absolute atomic E-state index is 5.72. The molecule has 0 heterocycles. The highest BCUT2D eigenvalue weighted by molar-refractivity contribution is 6.36. The van der Waals surface area contributed by atoms with Crippen molar-refractivity contribution in [3.63, 3.8) is 0 Å². The lowest BCUT2D eigenvalue weighted by molar-refractivity contribution is 1.31. The lowest BCUT2D eigenvalue weighted by atomic mass is 10.2. The number of rotatable bonds is 3. The van der Waals surface area contributed by atoms with Gasteiger partial charge in [0.1, 0.15) is 0 Å². The predicted molar refractivity (Wildman–Crippen MR) is 62.7 cm³/mol. The van der Waals surface area contributed by atoms with E-state index < -0.39 is 0 Å². The molecule has 1 N–H and O–H groups in total. The molecule has 0 aliphatic rings. The molecule has 0 saturated heterocycles. The van der Waals surface area contributed by atoms with Crippen LogP contribution in [-0.4, -0.2) is 6.54 Å². The average Bonchev–Trinajstić information content (AvgIpc) is 2.26. The fraction of sp³-hybridized carbons (Fsp3) is 0.0909. The van der Waals surface area contributed by atoms with Gasteiger partial charge in [0, 0.05) is 21.8 Å². The Hall–Kier alpha value is -1.10. The first kappa shape index (κ1) is 11.0. The molecule has 0 radical (unpaired) electrons. The van der Waals surface area contributed by atoms with Crippen LogP contribution in [0.2, 0.25) is 0 Å². The second-order valence-electron chi connectivity index (χ2n) is 2.63. The molecule has 0 spiro atoms. The standard InChI is InChI=1S/C11H9Cl2N/c1-2-9-4-3-5-11(6-9)14-8-10(13)7-12/h1,3-7,14H,8H2. The minimum absolute atomic E-state index is 0.499. The third-order valence-corrected chi connectivity index (χ3v) is 2.23. The van der Waals surface area contributed by atoms with Crippen molar-refractivity contribution in [3.8, 4) is 12.3 Å². The molecule has 0 fully saturated rings. The Bertz CT molecular complexity index is 377. The van der Waals surface area contributed by atoms with Crippen molar-refractivity contribution in [1.29, 1.82) is 0 Å². The Balaban J connectivity index is 2.64. The first-order chi connectivity index (χ1) is 6.76. The van der Waals surface area contributed by atoms with Gasteiger partial charge in [0.2, 0.25) is 0 Å². The normalized spacial score (nSPS) is 10.8. The van der Waals surface area contributed by atoms with Crippen LogP contribution in [0.15, 0.2) is 34.8 Å². The van der Waals surface area contributed by atoms with Gasteiger partial charge in [0.15, 0.2) is 0 Å². The maximum Gasteiger partial charge on any atom is 0.0516 e. The van der Waals surface area contributed by atoms with E-state index in [9.17, 15) is 0 Å². The van der Waals surface area contributed by atoms with Crippen molar-refractivity contribution in [3.05, 3.63) is 40.4 Å². The third kappa shape index (κ3) is 3.33. The molecular formula is C11H9Cl2N. The minimum atomic E-state index is 0.499. The summed E-state index contributed by atoms with van der Waals surface area (Å²) >= 11 is 11.1. The molecule has 1 aromatic rings. The molecule has 0 aliphatic heterocycles. The van der Waals surface area contributed by atoms with Gasteiger partial charge < -0.3 is 5.32 Å². The first-order valence-corrected chi connectivity index (χ1v) is 4.83. The molecule has 1 rings (SSSR count). The van der Waals surface area contributed by atoms with Gasteiger partial charge in [0.05, 0.1) is 6.54 Å². The molecular weight excluding hydrogens is 217 g/mol. The quantitative estimate of drug-likeness (QED) is 0.779. The van der Waals surface area contributed by atoms with Crippen molar-refractivity contribution in [1.82, 2.24) is 0 Å². The fourth-order valence-corrected chi connectivity index (χ4v) is 1.09. The topological polar surface area (TPSA) is 12.0 Å². The Morgan fingerprint density at radius 1 is 1.57 bits per heavy atom. The molecule has 0 aliphatic carbocycles. The highest BCUT2D eigenvalue weighted by Crippen LogP contribution is 2.11. The van der Waals surface area contributed by atoms with E-state index in [2.05, 4.69) is 11.2 Å². The van der Waals surface area contributed by atoms with Gasteiger partial charge in [-0.15, -0.1) is 6.42 Å². The smallest absolute Gasteiger partial charge is 0.0516 e. The summed E-state index contributed by atoms with van der Waals surface area (Å²) in [6.07, 6.45) is 5.26. The summed E-state index contributed by atoms with van der Waals surface area (Å²) in [6, 6.07) is 7.54. The van der Waals surface area contributed by atoms with Crippen LogP contribution in [0.5, 0.6) is 0 Å². The molecule has 0 atom stereocenters. The molecule has 0 unspecified atom stereocenters. The molecule has 0 amide bonds. The van der Waals surface area contributed by atoms with Gasteiger partial charge in [0.25, 0.3) is 0 Å². The maximum atomic E-state index is 5.72. The summed E-state index contributed by atoms with van der Waals surface area (Å²) in [5.41, 5.74) is 3.10. The number of nitrogens with one attached hydrogen (secondary N) is 1. The SMILES string of the molecule is C#Cc1cccc(NCC(Cl)=CCl)c1. The van der Waals surface area contributed by atoms with E-state index in [0.29, 0.717) is 11.6 Å². The van der Waals surface area contributed by atoms with Gasteiger partial charge in [-0.1, -0.05) is 35.2 Å². The van der Waals surface area contributed by atoms with Crippen LogP contribution in [0, 0.1) is 12.3 Å². The zero-order valence-corrected chi connectivity index (χ0v) is 8.94. The van der Waals surface area contributed by atoms with E-state index in [1.807, 2.05) is 24.3 Å².